The van der Waals surface area contributed by atoms with Crippen molar-refractivity contribution in [2.75, 3.05) is 18.6 Å². The number of aliphatic hydroxyl groups is 1. The van der Waals surface area contributed by atoms with Crippen molar-refractivity contribution in [3.63, 3.8) is 0 Å². The topological polar surface area (TPSA) is 115 Å². The van der Waals surface area contributed by atoms with Crippen LogP contribution in [0.5, 0.6) is 11.5 Å². The highest BCUT2D eigenvalue weighted by atomic mass is 35.5. The molecule has 47 heavy (non-hydrogen) atoms. The van der Waals surface area contributed by atoms with Crippen LogP contribution < -0.4 is 14.4 Å². The van der Waals surface area contributed by atoms with E-state index in [2.05, 4.69) is 17.1 Å². The fourth-order valence-corrected chi connectivity index (χ4v) is 7.64. The van der Waals surface area contributed by atoms with Crippen molar-refractivity contribution in [2.24, 2.45) is 0 Å². The first-order chi connectivity index (χ1) is 22.8. The maximum absolute atomic E-state index is 14.1. The molecule has 1 aliphatic heterocycles. The van der Waals surface area contributed by atoms with Gasteiger partial charge in [0.05, 0.1) is 25.3 Å². The molecule has 3 aromatic carbocycles. The number of amides is 1. The Bertz CT molecular complexity index is 1970. The van der Waals surface area contributed by atoms with E-state index in [0.717, 1.165) is 36.2 Å². The number of rotatable bonds is 13. The molecular weight excluding hydrogens is 681 g/mol. The van der Waals surface area contributed by atoms with Gasteiger partial charge < -0.3 is 19.0 Å². The molecular formula is C34H29Cl2N3O6S2. The Labute approximate surface area is 289 Å². The average Bonchev–Trinajstić information content (AvgIpc) is 3.79. The Hall–Kier alpha value is -4.03. The number of anilines is 1. The van der Waals surface area contributed by atoms with E-state index >= 15 is 0 Å². The van der Waals surface area contributed by atoms with E-state index < -0.39 is 23.5 Å². The van der Waals surface area contributed by atoms with Crippen LogP contribution in [0.2, 0.25) is 10.0 Å². The molecule has 1 unspecified atom stereocenters. The number of benzene rings is 3. The van der Waals surface area contributed by atoms with Crippen LogP contribution >= 0.6 is 46.3 Å². The normalized spacial score (nSPS) is 14.8. The number of nitrogens with zero attached hydrogens (tertiary/aromatic N) is 3. The molecule has 9 nitrogen and oxygen atoms in total. The zero-order valence-electron chi connectivity index (χ0n) is 25.4. The largest absolute Gasteiger partial charge is 0.503 e. The standard InChI is InChI=1S/C34H29Cl2N3O6S2/c1-3-4-5-15-44-23-13-10-19(11-14-23)28-27(29(40)26-16-20-7-6-8-25(43-2)31(20)45-26)30(41)32(42)39(28)33-37-38-34(47-33)46-18-21-9-12-22(35)17-24(21)36/h6-14,16-17,28,41H,3-5,15,18H2,1-2H3. The van der Waals surface area contributed by atoms with Gasteiger partial charge >= 0.3 is 0 Å². The second-order valence-electron chi connectivity index (χ2n) is 10.7. The molecule has 0 spiro atoms. The molecule has 0 saturated heterocycles. The van der Waals surface area contributed by atoms with Gasteiger partial charge in [0, 0.05) is 21.2 Å². The molecule has 5 aromatic rings. The van der Waals surface area contributed by atoms with Crippen molar-refractivity contribution in [3.05, 3.63) is 105 Å². The molecule has 242 valence electrons. The molecule has 0 bridgehead atoms. The van der Waals surface area contributed by atoms with Crippen LogP contribution in [0.3, 0.4) is 0 Å². The summed E-state index contributed by atoms with van der Waals surface area (Å²) >= 11 is 14.9. The highest BCUT2D eigenvalue weighted by Crippen LogP contribution is 2.45. The second kappa shape index (κ2) is 14.4. The first-order valence-corrected chi connectivity index (χ1v) is 17.4. The zero-order valence-corrected chi connectivity index (χ0v) is 28.5. The molecule has 1 aliphatic rings. The van der Waals surface area contributed by atoms with Crippen LogP contribution in [0.15, 0.2) is 86.8 Å². The lowest BCUT2D eigenvalue weighted by atomic mass is 9.95. The molecule has 1 amide bonds. The third-order valence-electron chi connectivity index (χ3n) is 7.59. The number of hydrogen-bond donors (Lipinski definition) is 1. The summed E-state index contributed by atoms with van der Waals surface area (Å²) in [6, 6.07) is 18.2. The minimum atomic E-state index is -1.02. The van der Waals surface area contributed by atoms with E-state index in [9.17, 15) is 14.7 Å². The van der Waals surface area contributed by atoms with Crippen molar-refractivity contribution in [2.45, 2.75) is 42.3 Å². The third-order valence-corrected chi connectivity index (χ3v) is 10.3. The van der Waals surface area contributed by atoms with Crippen LogP contribution in [0.1, 0.15) is 53.9 Å². The van der Waals surface area contributed by atoms with Crippen molar-refractivity contribution in [1.29, 1.82) is 0 Å². The highest BCUT2D eigenvalue weighted by molar-refractivity contribution is 8.00. The molecule has 1 atom stereocenters. The quantitative estimate of drug-likeness (QED) is 0.0553. The Morgan fingerprint density at radius 2 is 1.89 bits per heavy atom. The number of para-hydroxylation sites is 1. The number of hydrogen-bond acceptors (Lipinski definition) is 10. The Balaban J connectivity index is 1.33. The van der Waals surface area contributed by atoms with Gasteiger partial charge in [0.25, 0.3) is 5.91 Å². The molecule has 0 aliphatic carbocycles. The number of methoxy groups -OCH3 is 1. The minimum Gasteiger partial charge on any atom is -0.503 e. The van der Waals surface area contributed by atoms with Gasteiger partial charge in [-0.15, -0.1) is 10.2 Å². The molecule has 1 N–H and O–H groups in total. The zero-order chi connectivity index (χ0) is 33.1. The lowest BCUT2D eigenvalue weighted by Crippen LogP contribution is -2.31. The van der Waals surface area contributed by atoms with E-state index in [1.807, 2.05) is 6.07 Å². The van der Waals surface area contributed by atoms with Crippen LogP contribution in [0.25, 0.3) is 11.0 Å². The predicted molar refractivity (Wildman–Crippen MR) is 184 cm³/mol. The second-order valence-corrected chi connectivity index (χ2v) is 13.7. The Morgan fingerprint density at radius 1 is 1.09 bits per heavy atom. The van der Waals surface area contributed by atoms with Gasteiger partial charge in [-0.2, -0.15) is 0 Å². The van der Waals surface area contributed by atoms with Crippen LogP contribution in [-0.4, -0.2) is 40.7 Å². The average molecular weight is 711 g/mol. The number of unbranched alkanes of at least 4 members (excludes halogenated alkanes) is 2. The minimum absolute atomic E-state index is 0.0464. The maximum Gasteiger partial charge on any atom is 0.296 e. The number of Topliss-reactive ketones (excluding diaryl/α,β-unsaturated/α-hetero) is 1. The smallest absolute Gasteiger partial charge is 0.296 e. The molecule has 0 saturated carbocycles. The van der Waals surface area contributed by atoms with Gasteiger partial charge in [0.15, 0.2) is 27.2 Å². The highest BCUT2D eigenvalue weighted by Gasteiger charge is 2.47. The Kier molecular flexibility index (Phi) is 10.1. The van der Waals surface area contributed by atoms with Gasteiger partial charge in [0.2, 0.25) is 10.9 Å². The van der Waals surface area contributed by atoms with Gasteiger partial charge in [0.1, 0.15) is 5.75 Å². The maximum atomic E-state index is 14.1. The van der Waals surface area contributed by atoms with E-state index in [0.29, 0.717) is 54.8 Å². The number of aliphatic hydroxyl groups excluding tert-OH is 1. The summed E-state index contributed by atoms with van der Waals surface area (Å²) in [6.45, 7) is 2.70. The fourth-order valence-electron chi connectivity index (χ4n) is 5.22. The van der Waals surface area contributed by atoms with Gasteiger partial charge in [-0.05, 0) is 53.9 Å². The summed E-state index contributed by atoms with van der Waals surface area (Å²) in [5.41, 5.74) is 1.67. The van der Waals surface area contributed by atoms with Crippen LogP contribution in [0, 0.1) is 0 Å². The number of furan rings is 1. The number of ether oxygens (including phenoxy) is 2. The van der Waals surface area contributed by atoms with E-state index in [1.54, 1.807) is 60.7 Å². The number of carbonyl (C=O) groups excluding carboxylic acids is 2. The van der Waals surface area contributed by atoms with Crippen molar-refractivity contribution < 1.29 is 28.6 Å². The summed E-state index contributed by atoms with van der Waals surface area (Å²) in [7, 11) is 1.51. The lowest BCUT2D eigenvalue weighted by molar-refractivity contribution is -0.117. The molecule has 2 aromatic heterocycles. The number of carbonyl (C=O) groups is 2. The number of ketones is 1. The number of fused-ring (bicyclic) bond motifs is 1. The summed E-state index contributed by atoms with van der Waals surface area (Å²) in [6.07, 6.45) is 3.08. The van der Waals surface area contributed by atoms with Crippen molar-refractivity contribution >= 4 is 74.1 Å². The summed E-state index contributed by atoms with van der Waals surface area (Å²) in [5.74, 6) is -0.557. The van der Waals surface area contributed by atoms with Gasteiger partial charge in [-0.3, -0.25) is 14.5 Å². The number of thioether (sulfide) groups is 1. The monoisotopic (exact) mass is 709 g/mol. The first kappa shape index (κ1) is 32.9. The Morgan fingerprint density at radius 3 is 2.64 bits per heavy atom. The van der Waals surface area contributed by atoms with Crippen LogP contribution in [0.4, 0.5) is 5.13 Å². The van der Waals surface area contributed by atoms with Gasteiger partial charge in [-0.1, -0.05) is 96.4 Å². The molecule has 6 rings (SSSR count). The summed E-state index contributed by atoms with van der Waals surface area (Å²) < 4.78 is 17.8. The molecule has 3 heterocycles. The third kappa shape index (κ3) is 6.85. The van der Waals surface area contributed by atoms with Gasteiger partial charge in [-0.25, -0.2) is 0 Å². The molecule has 13 heteroatoms. The number of aromatic nitrogens is 2. The van der Waals surface area contributed by atoms with E-state index in [4.69, 9.17) is 37.1 Å². The van der Waals surface area contributed by atoms with E-state index in [1.165, 1.54) is 23.8 Å². The number of halogens is 2. The molecule has 0 fully saturated rings. The predicted octanol–water partition coefficient (Wildman–Crippen LogP) is 9.24. The fraction of sp³-hybridized carbons (Fsp3) is 0.235. The summed E-state index contributed by atoms with van der Waals surface area (Å²) in [5, 5.41) is 21.8. The van der Waals surface area contributed by atoms with Crippen molar-refractivity contribution in [1.82, 2.24) is 10.2 Å². The lowest BCUT2D eigenvalue weighted by Gasteiger charge is -2.24. The van der Waals surface area contributed by atoms with Crippen molar-refractivity contribution in [3.8, 4) is 11.5 Å². The SMILES string of the molecule is CCCCCOc1ccc(C2C(C(=O)c3cc4cccc(OC)c4o3)=C(O)C(=O)N2c2nnc(SCc3ccc(Cl)cc3Cl)s2)cc1. The molecule has 0 radical (unpaired) electrons. The van der Waals surface area contributed by atoms with Crippen LogP contribution in [-0.2, 0) is 10.5 Å². The van der Waals surface area contributed by atoms with E-state index in [-0.39, 0.29) is 16.5 Å². The first-order valence-electron chi connectivity index (χ1n) is 14.8. The summed E-state index contributed by atoms with van der Waals surface area (Å²) in [4.78, 5) is 29.1.